The molecule has 0 aliphatic heterocycles. The molecule has 0 spiro atoms. The van der Waals surface area contributed by atoms with Crippen LogP contribution in [0.5, 0.6) is 0 Å². The van der Waals surface area contributed by atoms with Gasteiger partial charge in [0.15, 0.2) is 0 Å². The van der Waals surface area contributed by atoms with Crippen LogP contribution in [-0.2, 0) is 0 Å². The topological polar surface area (TPSA) is 12.0 Å². The lowest BCUT2D eigenvalue weighted by molar-refractivity contribution is 0.411. The highest BCUT2D eigenvalue weighted by Crippen LogP contribution is 2.37. The summed E-state index contributed by atoms with van der Waals surface area (Å²) in [6.45, 7) is 4.46. The molecular formula is C16H24ClN. The van der Waals surface area contributed by atoms with E-state index in [0.717, 1.165) is 24.0 Å². The molecular weight excluding hydrogens is 242 g/mol. The van der Waals surface area contributed by atoms with Gasteiger partial charge in [0, 0.05) is 11.6 Å². The Hall–Kier alpha value is -0.530. The second-order valence-corrected chi connectivity index (χ2v) is 5.84. The molecule has 2 heteroatoms. The standard InChI is InChI=1S/C16H24ClN/c1-2-11-18-12-16(13-5-3-4-6-13)14-7-9-15(17)10-8-14/h7-10,13,16,18H,2-6,11-12H2,1H3. The van der Waals surface area contributed by atoms with Gasteiger partial charge >= 0.3 is 0 Å². The van der Waals surface area contributed by atoms with Crippen molar-refractivity contribution < 1.29 is 0 Å². The van der Waals surface area contributed by atoms with Gasteiger partial charge in [-0.25, -0.2) is 0 Å². The van der Waals surface area contributed by atoms with Crippen molar-refractivity contribution in [2.45, 2.75) is 44.9 Å². The van der Waals surface area contributed by atoms with Crippen molar-refractivity contribution in [1.82, 2.24) is 5.32 Å². The van der Waals surface area contributed by atoms with E-state index in [0.29, 0.717) is 5.92 Å². The summed E-state index contributed by atoms with van der Waals surface area (Å²) in [7, 11) is 0. The van der Waals surface area contributed by atoms with Gasteiger partial charge < -0.3 is 5.32 Å². The van der Waals surface area contributed by atoms with Crippen LogP contribution >= 0.6 is 11.6 Å². The molecule has 0 aromatic heterocycles. The van der Waals surface area contributed by atoms with Crippen LogP contribution < -0.4 is 5.32 Å². The van der Waals surface area contributed by atoms with E-state index in [-0.39, 0.29) is 0 Å². The molecule has 1 fully saturated rings. The average molecular weight is 266 g/mol. The third-order valence-electron chi connectivity index (χ3n) is 4.06. The normalized spacial score (nSPS) is 18.1. The molecule has 0 radical (unpaired) electrons. The third kappa shape index (κ3) is 3.73. The highest BCUT2D eigenvalue weighted by molar-refractivity contribution is 6.30. The lowest BCUT2D eigenvalue weighted by Gasteiger charge is -2.24. The number of hydrogen-bond acceptors (Lipinski definition) is 1. The minimum absolute atomic E-state index is 0.663. The summed E-state index contributed by atoms with van der Waals surface area (Å²) in [6.07, 6.45) is 6.80. The summed E-state index contributed by atoms with van der Waals surface area (Å²) >= 11 is 5.99. The molecule has 0 amide bonds. The minimum Gasteiger partial charge on any atom is -0.316 e. The highest BCUT2D eigenvalue weighted by Gasteiger charge is 2.25. The molecule has 1 aromatic carbocycles. The summed E-state index contributed by atoms with van der Waals surface area (Å²) in [4.78, 5) is 0. The molecule has 1 atom stereocenters. The zero-order valence-electron chi connectivity index (χ0n) is 11.3. The molecule has 0 bridgehead atoms. The molecule has 100 valence electrons. The van der Waals surface area contributed by atoms with Crippen LogP contribution in [0.15, 0.2) is 24.3 Å². The first-order valence-corrected chi connectivity index (χ1v) is 7.65. The summed E-state index contributed by atoms with van der Waals surface area (Å²) in [6, 6.07) is 8.47. The lowest BCUT2D eigenvalue weighted by atomic mass is 9.85. The van der Waals surface area contributed by atoms with Gasteiger partial charge in [-0.2, -0.15) is 0 Å². The van der Waals surface area contributed by atoms with Crippen LogP contribution in [0.25, 0.3) is 0 Å². The van der Waals surface area contributed by atoms with E-state index in [9.17, 15) is 0 Å². The van der Waals surface area contributed by atoms with Gasteiger partial charge in [-0.3, -0.25) is 0 Å². The Kier molecular flexibility index (Phi) is 5.52. The van der Waals surface area contributed by atoms with E-state index in [4.69, 9.17) is 11.6 Å². The van der Waals surface area contributed by atoms with Crippen LogP contribution in [-0.4, -0.2) is 13.1 Å². The van der Waals surface area contributed by atoms with Crippen LogP contribution in [0.1, 0.15) is 50.5 Å². The number of hydrogen-bond donors (Lipinski definition) is 1. The summed E-state index contributed by atoms with van der Waals surface area (Å²) in [5.41, 5.74) is 1.45. The van der Waals surface area contributed by atoms with Crippen LogP contribution in [0.2, 0.25) is 5.02 Å². The molecule has 1 unspecified atom stereocenters. The Morgan fingerprint density at radius 3 is 2.50 bits per heavy atom. The number of benzene rings is 1. The fourth-order valence-corrected chi connectivity index (χ4v) is 3.19. The fraction of sp³-hybridized carbons (Fsp3) is 0.625. The van der Waals surface area contributed by atoms with Crippen LogP contribution in [0.4, 0.5) is 0 Å². The van der Waals surface area contributed by atoms with Crippen molar-refractivity contribution in [3.05, 3.63) is 34.9 Å². The maximum atomic E-state index is 5.99. The van der Waals surface area contributed by atoms with Crippen molar-refractivity contribution >= 4 is 11.6 Å². The summed E-state index contributed by atoms with van der Waals surface area (Å²) in [5.74, 6) is 1.52. The second kappa shape index (κ2) is 7.16. The van der Waals surface area contributed by atoms with Crippen molar-refractivity contribution in [3.8, 4) is 0 Å². The zero-order valence-corrected chi connectivity index (χ0v) is 12.0. The molecule has 1 nitrogen and oxygen atoms in total. The lowest BCUT2D eigenvalue weighted by Crippen LogP contribution is -2.26. The quantitative estimate of drug-likeness (QED) is 0.741. The first kappa shape index (κ1) is 13.9. The Labute approximate surface area is 116 Å². The van der Waals surface area contributed by atoms with Gasteiger partial charge in [-0.1, -0.05) is 43.5 Å². The Bertz CT molecular complexity index is 341. The molecule has 1 saturated carbocycles. The second-order valence-electron chi connectivity index (χ2n) is 5.41. The van der Waals surface area contributed by atoms with E-state index >= 15 is 0 Å². The molecule has 0 saturated heterocycles. The van der Waals surface area contributed by atoms with Gasteiger partial charge in [-0.05, 0) is 55.3 Å². The molecule has 0 heterocycles. The zero-order chi connectivity index (χ0) is 12.8. The van der Waals surface area contributed by atoms with Crippen LogP contribution in [0, 0.1) is 5.92 Å². The summed E-state index contributed by atoms with van der Waals surface area (Å²) < 4.78 is 0. The number of halogens is 1. The smallest absolute Gasteiger partial charge is 0.0406 e. The average Bonchev–Trinajstić information content (AvgIpc) is 2.90. The summed E-state index contributed by atoms with van der Waals surface area (Å²) in [5, 5.41) is 4.43. The SMILES string of the molecule is CCCNCC(c1ccc(Cl)cc1)C1CCCC1. The van der Waals surface area contributed by atoms with Gasteiger partial charge in [0.25, 0.3) is 0 Å². The number of nitrogens with one attached hydrogen (secondary N) is 1. The molecule has 1 aliphatic carbocycles. The molecule has 1 aliphatic rings. The maximum Gasteiger partial charge on any atom is 0.0406 e. The van der Waals surface area contributed by atoms with Crippen molar-refractivity contribution in [1.29, 1.82) is 0 Å². The first-order valence-electron chi connectivity index (χ1n) is 7.27. The van der Waals surface area contributed by atoms with Crippen molar-refractivity contribution in [2.75, 3.05) is 13.1 Å². The van der Waals surface area contributed by atoms with E-state index in [1.165, 1.54) is 37.7 Å². The number of rotatable bonds is 6. The molecule has 2 rings (SSSR count). The van der Waals surface area contributed by atoms with E-state index in [1.54, 1.807) is 0 Å². The van der Waals surface area contributed by atoms with Gasteiger partial charge in [0.1, 0.15) is 0 Å². The predicted octanol–water partition coefficient (Wildman–Crippen LogP) is 4.61. The van der Waals surface area contributed by atoms with E-state index < -0.39 is 0 Å². The van der Waals surface area contributed by atoms with E-state index in [2.05, 4.69) is 24.4 Å². The van der Waals surface area contributed by atoms with E-state index in [1.807, 2.05) is 12.1 Å². The van der Waals surface area contributed by atoms with Gasteiger partial charge in [0.05, 0.1) is 0 Å². The monoisotopic (exact) mass is 265 g/mol. The Balaban J connectivity index is 2.05. The van der Waals surface area contributed by atoms with Crippen LogP contribution in [0.3, 0.4) is 0 Å². The molecule has 18 heavy (non-hydrogen) atoms. The van der Waals surface area contributed by atoms with Gasteiger partial charge in [-0.15, -0.1) is 0 Å². The van der Waals surface area contributed by atoms with Crippen molar-refractivity contribution in [3.63, 3.8) is 0 Å². The first-order chi connectivity index (χ1) is 8.81. The third-order valence-corrected chi connectivity index (χ3v) is 4.31. The molecule has 1 aromatic rings. The predicted molar refractivity (Wildman–Crippen MR) is 79.3 cm³/mol. The van der Waals surface area contributed by atoms with Crippen molar-refractivity contribution in [2.24, 2.45) is 5.92 Å². The Morgan fingerprint density at radius 2 is 1.89 bits per heavy atom. The fourth-order valence-electron chi connectivity index (χ4n) is 3.06. The van der Waals surface area contributed by atoms with Gasteiger partial charge in [0.2, 0.25) is 0 Å². The highest BCUT2D eigenvalue weighted by atomic mass is 35.5. The molecule has 1 N–H and O–H groups in total. The minimum atomic E-state index is 0.663. The Morgan fingerprint density at radius 1 is 1.22 bits per heavy atom. The maximum absolute atomic E-state index is 5.99. The largest absolute Gasteiger partial charge is 0.316 e.